The molecule has 0 aromatic rings. The average Bonchev–Trinajstić information content (AvgIpc) is 1.82. The molecule has 0 bridgehead atoms. The van der Waals surface area contributed by atoms with Gasteiger partial charge >= 0.3 is 0 Å². The van der Waals surface area contributed by atoms with Crippen molar-refractivity contribution in [1.29, 1.82) is 0 Å². The first-order chi connectivity index (χ1) is 5.73. The minimum Gasteiger partial charge on any atom is -0.370 e. The maximum Gasteiger partial charge on any atom is 0.189 e. The fourth-order valence-electron chi connectivity index (χ4n) is 1.49. The van der Waals surface area contributed by atoms with Crippen LogP contribution in [0.15, 0.2) is 0 Å². The lowest BCUT2D eigenvalue weighted by atomic mass is 9.87. The van der Waals surface area contributed by atoms with Crippen LogP contribution in [0.3, 0.4) is 0 Å². The monoisotopic (exact) mass is 190 g/mol. The van der Waals surface area contributed by atoms with Gasteiger partial charge in [0.1, 0.15) is 5.60 Å². The summed E-state index contributed by atoms with van der Waals surface area (Å²) in [5.41, 5.74) is -0.879. The third-order valence-electron chi connectivity index (χ3n) is 2.26. The van der Waals surface area contributed by atoms with Crippen molar-refractivity contribution in [2.75, 3.05) is 6.61 Å². The van der Waals surface area contributed by atoms with Gasteiger partial charge in [-0.2, -0.15) is 0 Å². The van der Waals surface area contributed by atoms with E-state index in [2.05, 4.69) is 0 Å². The number of ether oxygens (including phenoxy) is 1. The molecule has 0 rings (SSSR count). The molecular formula is C10H22O3. The normalized spacial score (nSPS) is 17.5. The van der Waals surface area contributed by atoms with Crippen LogP contribution in [0, 0.1) is 5.92 Å². The first-order valence-corrected chi connectivity index (χ1v) is 4.81. The van der Waals surface area contributed by atoms with Gasteiger partial charge < -0.3 is 14.9 Å². The minimum absolute atomic E-state index is 0.371. The zero-order valence-electron chi connectivity index (χ0n) is 9.29. The summed E-state index contributed by atoms with van der Waals surface area (Å²) in [7, 11) is 0. The van der Waals surface area contributed by atoms with Crippen LogP contribution in [0.2, 0.25) is 0 Å². The van der Waals surface area contributed by atoms with Crippen molar-refractivity contribution in [3.8, 4) is 0 Å². The Morgan fingerprint density at radius 1 is 1.23 bits per heavy atom. The summed E-state index contributed by atoms with van der Waals surface area (Å²) >= 11 is 0. The Morgan fingerprint density at radius 2 is 1.69 bits per heavy atom. The van der Waals surface area contributed by atoms with Crippen LogP contribution in [0.4, 0.5) is 0 Å². The van der Waals surface area contributed by atoms with E-state index >= 15 is 0 Å². The minimum atomic E-state index is -1.78. The molecular weight excluding hydrogens is 168 g/mol. The second-order valence-electron chi connectivity index (χ2n) is 4.28. The second kappa shape index (κ2) is 4.40. The van der Waals surface area contributed by atoms with Crippen LogP contribution in [0.25, 0.3) is 0 Å². The Hall–Kier alpha value is -0.120. The predicted molar refractivity (Wildman–Crippen MR) is 52.3 cm³/mol. The molecule has 0 aliphatic rings. The van der Waals surface area contributed by atoms with E-state index in [1.54, 1.807) is 6.92 Å². The van der Waals surface area contributed by atoms with Gasteiger partial charge in [0, 0.05) is 6.61 Å². The number of rotatable bonds is 5. The molecule has 0 spiro atoms. The molecule has 0 aliphatic carbocycles. The summed E-state index contributed by atoms with van der Waals surface area (Å²) in [4.78, 5) is 0. The van der Waals surface area contributed by atoms with Gasteiger partial charge in [0.25, 0.3) is 0 Å². The van der Waals surface area contributed by atoms with E-state index in [-0.39, 0.29) is 0 Å². The van der Waals surface area contributed by atoms with Crippen LogP contribution in [0.1, 0.15) is 41.0 Å². The third kappa shape index (κ3) is 3.63. The summed E-state index contributed by atoms with van der Waals surface area (Å²) in [6, 6.07) is 0. The highest BCUT2D eigenvalue weighted by molar-refractivity contribution is 4.87. The van der Waals surface area contributed by atoms with Gasteiger partial charge in [-0.05, 0) is 33.1 Å². The zero-order chi connectivity index (χ0) is 10.7. The van der Waals surface area contributed by atoms with E-state index in [1.165, 1.54) is 6.92 Å². The van der Waals surface area contributed by atoms with Crippen LogP contribution < -0.4 is 0 Å². The summed E-state index contributed by atoms with van der Waals surface area (Å²) in [6.07, 6.45) is 0.629. The fourth-order valence-corrected chi connectivity index (χ4v) is 1.49. The Balaban J connectivity index is 4.53. The van der Waals surface area contributed by atoms with Gasteiger partial charge in [-0.15, -0.1) is 0 Å². The Morgan fingerprint density at radius 3 is 1.92 bits per heavy atom. The standard InChI is InChI=1S/C10H22O3/c1-6-13-9(4,7-8(2)3)10(5,11)12/h8,11-12H,6-7H2,1-5H3. The molecule has 3 heteroatoms. The van der Waals surface area contributed by atoms with Gasteiger partial charge in [-0.3, -0.25) is 0 Å². The van der Waals surface area contributed by atoms with Crippen LogP contribution in [-0.4, -0.2) is 28.2 Å². The molecule has 2 N–H and O–H groups in total. The van der Waals surface area contributed by atoms with E-state index in [1.807, 2.05) is 20.8 Å². The summed E-state index contributed by atoms with van der Waals surface area (Å²) < 4.78 is 5.40. The molecule has 3 nitrogen and oxygen atoms in total. The van der Waals surface area contributed by atoms with Crippen molar-refractivity contribution in [2.45, 2.75) is 52.4 Å². The first kappa shape index (κ1) is 12.9. The van der Waals surface area contributed by atoms with Crippen LogP contribution in [-0.2, 0) is 4.74 Å². The van der Waals surface area contributed by atoms with Crippen LogP contribution in [0.5, 0.6) is 0 Å². The van der Waals surface area contributed by atoms with E-state index < -0.39 is 11.4 Å². The fraction of sp³-hybridized carbons (Fsp3) is 1.00. The molecule has 1 atom stereocenters. The lowest BCUT2D eigenvalue weighted by Crippen LogP contribution is -2.52. The highest BCUT2D eigenvalue weighted by Crippen LogP contribution is 2.30. The third-order valence-corrected chi connectivity index (χ3v) is 2.26. The molecule has 0 fully saturated rings. The smallest absolute Gasteiger partial charge is 0.189 e. The Bertz CT molecular complexity index is 149. The lowest BCUT2D eigenvalue weighted by molar-refractivity contribution is -0.277. The summed E-state index contributed by atoms with van der Waals surface area (Å²) in [5, 5.41) is 19.1. The maximum atomic E-state index is 9.55. The zero-order valence-corrected chi connectivity index (χ0v) is 9.29. The molecule has 0 heterocycles. The quantitative estimate of drug-likeness (QED) is 0.646. The second-order valence-corrected chi connectivity index (χ2v) is 4.28. The van der Waals surface area contributed by atoms with Crippen molar-refractivity contribution >= 4 is 0 Å². The van der Waals surface area contributed by atoms with Gasteiger partial charge in [0.05, 0.1) is 0 Å². The van der Waals surface area contributed by atoms with Gasteiger partial charge in [-0.25, -0.2) is 0 Å². The van der Waals surface area contributed by atoms with Crippen LogP contribution >= 0.6 is 0 Å². The molecule has 0 radical (unpaired) electrons. The largest absolute Gasteiger partial charge is 0.370 e. The first-order valence-electron chi connectivity index (χ1n) is 4.81. The SMILES string of the molecule is CCOC(C)(CC(C)C)C(C)(O)O. The van der Waals surface area contributed by atoms with E-state index in [4.69, 9.17) is 4.74 Å². The highest BCUT2D eigenvalue weighted by atomic mass is 16.6. The highest BCUT2D eigenvalue weighted by Gasteiger charge is 2.43. The molecule has 1 unspecified atom stereocenters. The molecule has 0 aromatic carbocycles. The molecule has 80 valence electrons. The molecule has 0 saturated carbocycles. The maximum absolute atomic E-state index is 9.55. The van der Waals surface area contributed by atoms with Crippen molar-refractivity contribution in [3.63, 3.8) is 0 Å². The molecule has 0 saturated heterocycles. The van der Waals surface area contributed by atoms with E-state index in [0.29, 0.717) is 18.9 Å². The van der Waals surface area contributed by atoms with E-state index in [0.717, 1.165) is 0 Å². The lowest BCUT2D eigenvalue weighted by Gasteiger charge is -2.39. The van der Waals surface area contributed by atoms with Crippen molar-refractivity contribution < 1.29 is 14.9 Å². The average molecular weight is 190 g/mol. The summed E-state index contributed by atoms with van der Waals surface area (Å²) in [6.45, 7) is 9.50. The molecule has 0 amide bonds. The van der Waals surface area contributed by atoms with Gasteiger partial charge in [0.15, 0.2) is 5.79 Å². The van der Waals surface area contributed by atoms with Gasteiger partial charge in [0.2, 0.25) is 0 Å². The molecule has 0 aromatic heterocycles. The van der Waals surface area contributed by atoms with Crippen molar-refractivity contribution in [3.05, 3.63) is 0 Å². The summed E-state index contributed by atoms with van der Waals surface area (Å²) in [5.74, 6) is -1.41. The predicted octanol–water partition coefficient (Wildman–Crippen LogP) is 1.53. The van der Waals surface area contributed by atoms with E-state index in [9.17, 15) is 10.2 Å². The number of hydrogen-bond donors (Lipinski definition) is 2. The number of hydrogen-bond acceptors (Lipinski definition) is 3. The van der Waals surface area contributed by atoms with Gasteiger partial charge in [-0.1, -0.05) is 13.8 Å². The molecule has 0 aliphatic heterocycles. The number of aliphatic hydroxyl groups is 2. The Kier molecular flexibility index (Phi) is 4.36. The topological polar surface area (TPSA) is 49.7 Å². The Labute approximate surface area is 80.7 Å². The van der Waals surface area contributed by atoms with Crippen molar-refractivity contribution in [2.24, 2.45) is 5.92 Å². The van der Waals surface area contributed by atoms with Crippen molar-refractivity contribution in [1.82, 2.24) is 0 Å². The molecule has 13 heavy (non-hydrogen) atoms.